The third-order valence-corrected chi connectivity index (χ3v) is 3.82. The van der Waals surface area contributed by atoms with Crippen LogP contribution in [0.15, 0.2) is 29.0 Å². The summed E-state index contributed by atoms with van der Waals surface area (Å²) in [5, 5.41) is 3.90. The van der Waals surface area contributed by atoms with Crippen molar-refractivity contribution in [1.29, 1.82) is 0 Å². The Kier molecular flexibility index (Phi) is 5.31. The van der Waals surface area contributed by atoms with E-state index in [4.69, 9.17) is 9.26 Å². The van der Waals surface area contributed by atoms with E-state index in [1.165, 1.54) is 12.8 Å². The zero-order valence-corrected chi connectivity index (χ0v) is 13.0. The Hall–Kier alpha value is -2.28. The first kappa shape index (κ1) is 15.6. The molecule has 7 nitrogen and oxygen atoms in total. The second-order valence-electron chi connectivity index (χ2n) is 5.54. The van der Waals surface area contributed by atoms with Gasteiger partial charge in [-0.2, -0.15) is 4.98 Å². The molecule has 0 atom stereocenters. The summed E-state index contributed by atoms with van der Waals surface area (Å²) in [6, 6.07) is 3.61. The normalized spacial score (nSPS) is 15.4. The second kappa shape index (κ2) is 7.82. The zero-order valence-electron chi connectivity index (χ0n) is 13.0. The molecule has 23 heavy (non-hydrogen) atoms. The molecule has 3 rings (SSSR count). The molecule has 0 radical (unpaired) electrons. The average Bonchev–Trinajstić information content (AvgIpc) is 2.89. The number of likely N-dealkylation sites (tertiary alicyclic amines) is 1. The summed E-state index contributed by atoms with van der Waals surface area (Å²) in [4.78, 5) is 22.2. The first-order valence-corrected chi connectivity index (χ1v) is 7.91. The first-order valence-electron chi connectivity index (χ1n) is 7.91. The van der Waals surface area contributed by atoms with Gasteiger partial charge in [-0.05, 0) is 25.0 Å². The quantitative estimate of drug-likeness (QED) is 0.839. The zero-order chi connectivity index (χ0) is 15.9. The maximum Gasteiger partial charge on any atom is 0.252 e. The molecular weight excluding hydrogens is 296 g/mol. The van der Waals surface area contributed by atoms with Crippen LogP contribution in [0.1, 0.15) is 31.6 Å². The van der Waals surface area contributed by atoms with Crippen molar-refractivity contribution in [3.63, 3.8) is 0 Å². The van der Waals surface area contributed by atoms with E-state index in [0.717, 1.165) is 31.5 Å². The Morgan fingerprint density at radius 3 is 2.65 bits per heavy atom. The summed E-state index contributed by atoms with van der Waals surface area (Å²) in [5.41, 5.74) is 0.829. The van der Waals surface area contributed by atoms with Gasteiger partial charge in [0.15, 0.2) is 0 Å². The SMILES string of the molecule is O=C(COCc1nc(-c2ccncc2)no1)N1CCCCCC1. The van der Waals surface area contributed by atoms with Gasteiger partial charge in [-0.15, -0.1) is 0 Å². The van der Waals surface area contributed by atoms with Crippen LogP contribution < -0.4 is 0 Å². The molecule has 2 aromatic rings. The van der Waals surface area contributed by atoms with Crippen molar-refractivity contribution in [2.24, 2.45) is 0 Å². The molecule has 2 aromatic heterocycles. The Morgan fingerprint density at radius 2 is 1.91 bits per heavy atom. The molecule has 7 heteroatoms. The molecule has 3 heterocycles. The molecule has 0 N–H and O–H groups in total. The molecule has 0 spiro atoms. The highest BCUT2D eigenvalue weighted by Crippen LogP contribution is 2.14. The van der Waals surface area contributed by atoms with Gasteiger partial charge in [0.05, 0.1) is 0 Å². The second-order valence-corrected chi connectivity index (χ2v) is 5.54. The summed E-state index contributed by atoms with van der Waals surface area (Å²) in [7, 11) is 0. The van der Waals surface area contributed by atoms with E-state index in [1.54, 1.807) is 24.5 Å². The van der Waals surface area contributed by atoms with Gasteiger partial charge in [0.1, 0.15) is 13.2 Å². The summed E-state index contributed by atoms with van der Waals surface area (Å²) in [5.74, 6) is 0.881. The number of pyridine rings is 1. The number of nitrogens with zero attached hydrogens (tertiary/aromatic N) is 4. The van der Waals surface area contributed by atoms with E-state index in [-0.39, 0.29) is 19.1 Å². The molecule has 0 aromatic carbocycles. The van der Waals surface area contributed by atoms with Crippen LogP contribution in [0.25, 0.3) is 11.4 Å². The van der Waals surface area contributed by atoms with Crippen molar-refractivity contribution in [1.82, 2.24) is 20.0 Å². The highest BCUT2D eigenvalue weighted by atomic mass is 16.5. The highest BCUT2D eigenvalue weighted by Gasteiger charge is 2.16. The van der Waals surface area contributed by atoms with Crippen LogP contribution >= 0.6 is 0 Å². The fourth-order valence-electron chi connectivity index (χ4n) is 2.57. The lowest BCUT2D eigenvalue weighted by Gasteiger charge is -2.19. The predicted molar refractivity (Wildman–Crippen MR) is 82.2 cm³/mol. The summed E-state index contributed by atoms with van der Waals surface area (Å²) in [6.45, 7) is 1.84. The van der Waals surface area contributed by atoms with Crippen molar-refractivity contribution in [2.45, 2.75) is 32.3 Å². The maximum absolute atomic E-state index is 12.1. The Labute approximate surface area is 134 Å². The predicted octanol–water partition coefficient (Wildman–Crippen LogP) is 2.05. The molecule has 1 aliphatic rings. The minimum Gasteiger partial charge on any atom is -0.362 e. The number of rotatable bonds is 5. The smallest absolute Gasteiger partial charge is 0.252 e. The Balaban J connectivity index is 1.47. The Bertz CT molecular complexity index is 621. The van der Waals surface area contributed by atoms with Crippen LogP contribution in [0.3, 0.4) is 0 Å². The van der Waals surface area contributed by atoms with Crippen LogP contribution in [0.2, 0.25) is 0 Å². The Morgan fingerprint density at radius 1 is 1.17 bits per heavy atom. The topological polar surface area (TPSA) is 81.3 Å². The standard InChI is InChI=1S/C16H20N4O3/c21-15(20-9-3-1-2-4-10-20)12-22-11-14-18-16(19-23-14)13-5-7-17-8-6-13/h5-8H,1-4,9-12H2. The van der Waals surface area contributed by atoms with Crippen LogP contribution in [0, 0.1) is 0 Å². The summed E-state index contributed by atoms with van der Waals surface area (Å²) in [6.07, 6.45) is 7.88. The number of hydrogen-bond acceptors (Lipinski definition) is 6. The van der Waals surface area contributed by atoms with Crippen molar-refractivity contribution in [3.8, 4) is 11.4 Å². The van der Waals surface area contributed by atoms with Gasteiger partial charge in [0.2, 0.25) is 11.7 Å². The van der Waals surface area contributed by atoms with Crippen LogP contribution in [0.4, 0.5) is 0 Å². The minimum absolute atomic E-state index is 0.0285. The number of hydrogen-bond donors (Lipinski definition) is 0. The van der Waals surface area contributed by atoms with Gasteiger partial charge in [-0.25, -0.2) is 0 Å². The lowest BCUT2D eigenvalue weighted by molar-refractivity contribution is -0.136. The molecule has 0 bridgehead atoms. The third-order valence-electron chi connectivity index (χ3n) is 3.82. The van der Waals surface area contributed by atoms with Gasteiger partial charge in [0, 0.05) is 31.0 Å². The minimum atomic E-state index is 0.0285. The molecule has 1 saturated heterocycles. The van der Waals surface area contributed by atoms with Crippen LogP contribution in [0.5, 0.6) is 0 Å². The molecule has 0 unspecified atom stereocenters. The first-order chi connectivity index (χ1) is 11.3. The van der Waals surface area contributed by atoms with Crippen molar-refractivity contribution >= 4 is 5.91 Å². The van der Waals surface area contributed by atoms with E-state index in [2.05, 4.69) is 15.1 Å². The summed E-state index contributed by atoms with van der Waals surface area (Å²) < 4.78 is 10.6. The van der Waals surface area contributed by atoms with E-state index >= 15 is 0 Å². The van der Waals surface area contributed by atoms with Crippen molar-refractivity contribution < 1.29 is 14.1 Å². The lowest BCUT2D eigenvalue weighted by atomic mass is 10.2. The van der Waals surface area contributed by atoms with E-state index < -0.39 is 0 Å². The fraction of sp³-hybridized carbons (Fsp3) is 0.500. The number of ether oxygens (including phenoxy) is 1. The third kappa shape index (κ3) is 4.35. The van der Waals surface area contributed by atoms with Gasteiger partial charge in [-0.1, -0.05) is 18.0 Å². The molecule has 122 valence electrons. The van der Waals surface area contributed by atoms with Crippen LogP contribution in [-0.2, 0) is 16.1 Å². The maximum atomic E-state index is 12.1. The van der Waals surface area contributed by atoms with E-state index in [9.17, 15) is 4.79 Å². The molecule has 0 saturated carbocycles. The van der Waals surface area contributed by atoms with E-state index in [1.807, 2.05) is 4.90 Å². The molecule has 1 amide bonds. The van der Waals surface area contributed by atoms with E-state index in [0.29, 0.717) is 11.7 Å². The highest BCUT2D eigenvalue weighted by molar-refractivity contribution is 5.77. The van der Waals surface area contributed by atoms with Crippen molar-refractivity contribution in [3.05, 3.63) is 30.4 Å². The number of carbonyl (C=O) groups is 1. The van der Waals surface area contributed by atoms with Gasteiger partial charge in [-0.3, -0.25) is 9.78 Å². The summed E-state index contributed by atoms with van der Waals surface area (Å²) >= 11 is 0. The van der Waals surface area contributed by atoms with Gasteiger partial charge in [0.25, 0.3) is 5.89 Å². The van der Waals surface area contributed by atoms with Gasteiger partial charge < -0.3 is 14.2 Å². The number of amides is 1. The number of carbonyl (C=O) groups excluding carboxylic acids is 1. The lowest BCUT2D eigenvalue weighted by Crippen LogP contribution is -2.34. The fourth-order valence-corrected chi connectivity index (χ4v) is 2.57. The largest absolute Gasteiger partial charge is 0.362 e. The van der Waals surface area contributed by atoms with Crippen LogP contribution in [-0.4, -0.2) is 45.6 Å². The monoisotopic (exact) mass is 316 g/mol. The molecule has 0 aliphatic carbocycles. The van der Waals surface area contributed by atoms with Crippen molar-refractivity contribution in [2.75, 3.05) is 19.7 Å². The molecular formula is C16H20N4O3. The number of aromatic nitrogens is 3. The van der Waals surface area contributed by atoms with Gasteiger partial charge >= 0.3 is 0 Å². The molecule has 1 fully saturated rings. The average molecular weight is 316 g/mol. The molecule has 1 aliphatic heterocycles.